The summed E-state index contributed by atoms with van der Waals surface area (Å²) >= 11 is 5.93. The molecule has 0 aromatic carbocycles. The Morgan fingerprint density at radius 2 is 2.57 bits per heavy atom. The van der Waals surface area contributed by atoms with Crippen molar-refractivity contribution in [3.63, 3.8) is 0 Å². The molecule has 1 N–H and O–H groups in total. The minimum atomic E-state index is -0.261. The van der Waals surface area contributed by atoms with Crippen LogP contribution in [0.25, 0.3) is 0 Å². The Labute approximate surface area is 88.5 Å². The molecule has 72 valence electrons. The van der Waals surface area contributed by atoms with Gasteiger partial charge in [-0.25, -0.2) is 0 Å². The average molecular weight is 228 g/mol. The minimum Gasteiger partial charge on any atom is -0.443 e. The number of thioether (sulfide) groups is 1. The lowest BCUT2D eigenvalue weighted by molar-refractivity contribution is -0.115. The van der Waals surface area contributed by atoms with E-state index in [-0.39, 0.29) is 5.91 Å². The van der Waals surface area contributed by atoms with Gasteiger partial charge in [0, 0.05) is 6.07 Å². The molecule has 0 atom stereocenters. The summed E-state index contributed by atoms with van der Waals surface area (Å²) < 4.78 is 10.0. The Bertz CT molecular complexity index is 399. The molecular formula is C7H4N2O3S2. The summed E-state index contributed by atoms with van der Waals surface area (Å²) in [5.41, 5.74) is 0. The number of carbonyl (C=O) groups is 1. The van der Waals surface area contributed by atoms with E-state index in [4.69, 9.17) is 17.0 Å². The predicted octanol–water partition coefficient (Wildman–Crippen LogP) is 1.04. The molecule has 1 saturated heterocycles. The van der Waals surface area contributed by atoms with Crippen molar-refractivity contribution in [2.45, 2.75) is 0 Å². The van der Waals surface area contributed by atoms with Crippen molar-refractivity contribution < 1.29 is 14.1 Å². The highest BCUT2D eigenvalue weighted by molar-refractivity contribution is 8.26. The highest BCUT2D eigenvalue weighted by Gasteiger charge is 2.22. The second-order valence-corrected chi connectivity index (χ2v) is 4.00. The van der Waals surface area contributed by atoms with Crippen LogP contribution in [0.15, 0.2) is 28.0 Å². The molecule has 2 heterocycles. The molecule has 0 unspecified atom stereocenters. The van der Waals surface area contributed by atoms with E-state index in [0.29, 0.717) is 15.1 Å². The third-order valence-electron chi connectivity index (χ3n) is 1.34. The molecule has 0 bridgehead atoms. The molecule has 5 nitrogen and oxygen atoms in total. The van der Waals surface area contributed by atoms with Gasteiger partial charge >= 0.3 is 0 Å². The fourth-order valence-electron chi connectivity index (χ4n) is 0.780. The first-order chi connectivity index (χ1) is 6.75. The molecule has 0 saturated carbocycles. The molecule has 7 heteroatoms. The van der Waals surface area contributed by atoms with Gasteiger partial charge in [0.2, 0.25) is 0 Å². The lowest BCUT2D eigenvalue weighted by atomic mass is 10.6. The van der Waals surface area contributed by atoms with Crippen molar-refractivity contribution in [1.82, 2.24) is 10.5 Å². The number of rotatable bonds is 2. The van der Waals surface area contributed by atoms with Crippen molar-refractivity contribution >= 4 is 34.2 Å². The molecule has 2 rings (SSSR count). The smallest absolute Gasteiger partial charge is 0.266 e. The zero-order valence-electron chi connectivity index (χ0n) is 6.72. The van der Waals surface area contributed by atoms with Crippen LogP contribution < -0.4 is 10.1 Å². The van der Waals surface area contributed by atoms with Crippen LogP contribution in [0.3, 0.4) is 0 Å². The predicted molar refractivity (Wildman–Crippen MR) is 53.5 cm³/mol. The van der Waals surface area contributed by atoms with Crippen LogP contribution in [-0.2, 0) is 4.79 Å². The summed E-state index contributed by atoms with van der Waals surface area (Å²) in [7, 11) is 0. The van der Waals surface area contributed by atoms with Crippen LogP contribution >= 0.6 is 24.0 Å². The zero-order valence-corrected chi connectivity index (χ0v) is 8.35. The van der Waals surface area contributed by atoms with Crippen LogP contribution in [0.4, 0.5) is 0 Å². The molecule has 1 aromatic heterocycles. The first-order valence-electron chi connectivity index (χ1n) is 3.56. The minimum absolute atomic E-state index is 0.261. The Morgan fingerprint density at radius 1 is 1.71 bits per heavy atom. The molecule has 14 heavy (non-hydrogen) atoms. The van der Waals surface area contributed by atoms with Gasteiger partial charge in [-0.05, 0) is 5.16 Å². The maximum absolute atomic E-state index is 11.1. The van der Waals surface area contributed by atoms with E-state index in [1.807, 2.05) is 0 Å². The highest BCUT2D eigenvalue weighted by Crippen LogP contribution is 2.23. The van der Waals surface area contributed by atoms with Crippen molar-refractivity contribution in [1.29, 1.82) is 0 Å². The van der Waals surface area contributed by atoms with E-state index >= 15 is 0 Å². The molecular weight excluding hydrogens is 224 g/mol. The lowest BCUT2D eigenvalue weighted by Gasteiger charge is -1.92. The van der Waals surface area contributed by atoms with Gasteiger partial charge in [-0.3, -0.25) is 4.79 Å². The molecule has 0 radical (unpaired) electrons. The van der Waals surface area contributed by atoms with Crippen LogP contribution in [0.5, 0.6) is 5.88 Å². The van der Waals surface area contributed by atoms with Gasteiger partial charge in [0.1, 0.15) is 21.8 Å². The number of hydrogen-bond donors (Lipinski definition) is 1. The first-order valence-corrected chi connectivity index (χ1v) is 4.78. The summed E-state index contributed by atoms with van der Waals surface area (Å²) in [6.07, 6.45) is 2.66. The molecule has 0 aliphatic carbocycles. The standard InChI is InChI=1S/C7H4N2O3S2/c10-6-4(14-7(13)8-6)3-11-5-1-2-12-9-5/h1-3H,(H,8,10,13). The van der Waals surface area contributed by atoms with Crippen LogP contribution in [0.1, 0.15) is 0 Å². The second-order valence-electron chi connectivity index (χ2n) is 2.28. The average Bonchev–Trinajstić information content (AvgIpc) is 2.72. The number of amides is 1. The van der Waals surface area contributed by atoms with E-state index in [1.54, 1.807) is 0 Å². The monoisotopic (exact) mass is 228 g/mol. The Balaban J connectivity index is 2.05. The number of carbonyl (C=O) groups excluding carboxylic acids is 1. The number of aromatic nitrogens is 1. The third kappa shape index (κ3) is 1.94. The fourth-order valence-corrected chi connectivity index (χ4v) is 1.73. The fraction of sp³-hybridized carbons (Fsp3) is 0. The van der Waals surface area contributed by atoms with Crippen molar-refractivity contribution in [2.75, 3.05) is 0 Å². The van der Waals surface area contributed by atoms with Gasteiger partial charge in [-0.15, -0.1) is 0 Å². The van der Waals surface area contributed by atoms with Gasteiger partial charge in [0.15, 0.2) is 0 Å². The zero-order chi connectivity index (χ0) is 9.97. The lowest BCUT2D eigenvalue weighted by Crippen LogP contribution is -2.17. The maximum atomic E-state index is 11.1. The summed E-state index contributed by atoms with van der Waals surface area (Å²) in [6, 6.07) is 1.53. The highest BCUT2D eigenvalue weighted by atomic mass is 32.2. The summed E-state index contributed by atoms with van der Waals surface area (Å²) in [4.78, 5) is 11.5. The Hall–Kier alpha value is -1.34. The van der Waals surface area contributed by atoms with E-state index in [1.165, 1.54) is 18.6 Å². The summed E-state index contributed by atoms with van der Waals surface area (Å²) in [5.74, 6) is 0.0345. The molecule has 0 spiro atoms. The largest absolute Gasteiger partial charge is 0.443 e. The van der Waals surface area contributed by atoms with E-state index in [2.05, 4.69) is 15.0 Å². The summed E-state index contributed by atoms with van der Waals surface area (Å²) in [5, 5.41) is 5.97. The topological polar surface area (TPSA) is 64.4 Å². The third-order valence-corrected chi connectivity index (χ3v) is 2.48. The number of thiocarbonyl (C=S) groups is 1. The van der Waals surface area contributed by atoms with Crippen molar-refractivity contribution in [2.24, 2.45) is 0 Å². The van der Waals surface area contributed by atoms with Gasteiger partial charge in [0.05, 0.1) is 0 Å². The first kappa shape index (κ1) is 9.22. The Morgan fingerprint density at radius 3 is 3.14 bits per heavy atom. The van der Waals surface area contributed by atoms with Gasteiger partial charge < -0.3 is 14.6 Å². The van der Waals surface area contributed by atoms with Crippen molar-refractivity contribution in [3.05, 3.63) is 23.5 Å². The normalized spacial score (nSPS) is 18.7. The molecule has 1 aliphatic rings. The number of nitrogens with zero attached hydrogens (tertiary/aromatic N) is 1. The van der Waals surface area contributed by atoms with Crippen LogP contribution in [0, 0.1) is 0 Å². The van der Waals surface area contributed by atoms with E-state index in [9.17, 15) is 4.79 Å². The molecule has 1 amide bonds. The SMILES string of the molecule is O=C1NC(=S)SC1=COc1ccon1. The van der Waals surface area contributed by atoms with Crippen LogP contribution in [0.2, 0.25) is 0 Å². The maximum Gasteiger partial charge on any atom is 0.266 e. The van der Waals surface area contributed by atoms with Gasteiger partial charge in [-0.1, -0.05) is 24.0 Å². The van der Waals surface area contributed by atoms with Gasteiger partial charge in [-0.2, -0.15) is 0 Å². The summed E-state index contributed by atoms with van der Waals surface area (Å²) in [6.45, 7) is 0. The molecule has 1 aromatic rings. The Kier molecular flexibility index (Phi) is 2.51. The van der Waals surface area contributed by atoms with E-state index in [0.717, 1.165) is 11.8 Å². The molecule has 1 aliphatic heterocycles. The number of nitrogens with one attached hydrogen (secondary N) is 1. The van der Waals surface area contributed by atoms with Gasteiger partial charge in [0.25, 0.3) is 11.8 Å². The van der Waals surface area contributed by atoms with E-state index < -0.39 is 0 Å². The number of ether oxygens (including phenoxy) is 1. The quantitative estimate of drug-likeness (QED) is 0.463. The second kappa shape index (κ2) is 3.81. The van der Waals surface area contributed by atoms with Crippen molar-refractivity contribution in [3.8, 4) is 5.88 Å². The number of hydrogen-bond acceptors (Lipinski definition) is 6. The van der Waals surface area contributed by atoms with Crippen LogP contribution in [-0.4, -0.2) is 15.4 Å². The molecule has 1 fully saturated rings.